The Morgan fingerprint density at radius 1 is 1.11 bits per heavy atom. The van der Waals surface area contributed by atoms with Gasteiger partial charge in [-0.1, -0.05) is 34.1 Å². The average molecular weight is 442 g/mol. The van der Waals surface area contributed by atoms with Gasteiger partial charge in [-0.2, -0.15) is 0 Å². The molecule has 1 aromatic heterocycles. The van der Waals surface area contributed by atoms with Gasteiger partial charge in [0.2, 0.25) is 11.8 Å². The zero-order chi connectivity index (χ0) is 19.2. The van der Waals surface area contributed by atoms with E-state index in [1.54, 1.807) is 28.5 Å². The van der Waals surface area contributed by atoms with E-state index in [0.717, 1.165) is 10.2 Å². The van der Waals surface area contributed by atoms with E-state index in [-0.39, 0.29) is 11.8 Å². The van der Waals surface area contributed by atoms with Crippen molar-refractivity contribution in [3.63, 3.8) is 0 Å². The van der Waals surface area contributed by atoms with Gasteiger partial charge < -0.3 is 5.32 Å². The van der Waals surface area contributed by atoms with Crippen molar-refractivity contribution in [3.8, 4) is 0 Å². The van der Waals surface area contributed by atoms with Crippen LogP contribution >= 0.6 is 27.3 Å². The number of para-hydroxylation sites is 1. The zero-order valence-corrected chi connectivity index (χ0v) is 16.8. The van der Waals surface area contributed by atoms with E-state index >= 15 is 0 Å². The number of nitrogens with zero attached hydrogens (tertiary/aromatic N) is 2. The van der Waals surface area contributed by atoms with Gasteiger partial charge in [0.05, 0.1) is 11.4 Å². The first kappa shape index (κ1) is 19.0. The van der Waals surface area contributed by atoms with E-state index in [9.17, 15) is 9.59 Å². The van der Waals surface area contributed by atoms with Gasteiger partial charge in [-0.25, -0.2) is 4.98 Å². The van der Waals surface area contributed by atoms with Crippen LogP contribution in [0.5, 0.6) is 0 Å². The summed E-state index contributed by atoms with van der Waals surface area (Å²) in [6.45, 7) is 1.50. The van der Waals surface area contributed by atoms with Gasteiger partial charge in [0.25, 0.3) is 0 Å². The summed E-state index contributed by atoms with van der Waals surface area (Å²) in [5.74, 6) is -0.377. The first-order chi connectivity index (χ1) is 13.0. The number of halogens is 1. The van der Waals surface area contributed by atoms with Crippen LogP contribution in [0.2, 0.25) is 0 Å². The molecule has 1 N–H and O–H groups in total. The lowest BCUT2D eigenvalue weighted by Crippen LogP contribution is -2.22. The molecule has 27 heavy (non-hydrogen) atoms. The maximum Gasteiger partial charge on any atom is 0.248 e. The van der Waals surface area contributed by atoms with Gasteiger partial charge in [-0.15, -0.1) is 11.3 Å². The molecule has 136 valence electrons. The van der Waals surface area contributed by atoms with Crippen LogP contribution in [0.15, 0.2) is 70.5 Å². The second-order valence-electron chi connectivity index (χ2n) is 5.57. The summed E-state index contributed by atoms with van der Waals surface area (Å²) in [6, 6.07) is 16.6. The lowest BCUT2D eigenvalue weighted by Gasteiger charge is -2.17. The highest BCUT2D eigenvalue weighted by atomic mass is 79.9. The Labute approximate surface area is 169 Å². The molecule has 0 saturated carbocycles. The summed E-state index contributed by atoms with van der Waals surface area (Å²) in [5.41, 5.74) is 2.07. The minimum absolute atomic E-state index is 0.126. The third-order valence-electron chi connectivity index (χ3n) is 3.55. The van der Waals surface area contributed by atoms with Crippen molar-refractivity contribution in [1.82, 2.24) is 4.98 Å². The summed E-state index contributed by atoms with van der Waals surface area (Å²) in [4.78, 5) is 30.1. The fourth-order valence-electron chi connectivity index (χ4n) is 2.34. The number of carbonyl (C=O) groups is 2. The molecule has 0 saturated heterocycles. The minimum atomic E-state index is -0.252. The van der Waals surface area contributed by atoms with Gasteiger partial charge >= 0.3 is 0 Å². The largest absolute Gasteiger partial charge is 0.323 e. The van der Waals surface area contributed by atoms with Crippen molar-refractivity contribution in [2.75, 3.05) is 10.2 Å². The number of amides is 2. The SMILES string of the molecule is CC(=O)N(c1ccccc1)c1nc(/C=C/C(=O)Nc2ccc(Br)cc2)cs1. The van der Waals surface area contributed by atoms with Crippen molar-refractivity contribution in [2.24, 2.45) is 0 Å². The Morgan fingerprint density at radius 3 is 2.48 bits per heavy atom. The molecule has 0 aliphatic heterocycles. The Balaban J connectivity index is 1.71. The molecule has 2 amide bonds. The lowest BCUT2D eigenvalue weighted by molar-refractivity contribution is -0.116. The van der Waals surface area contributed by atoms with Gasteiger partial charge in [0, 0.05) is 28.5 Å². The van der Waals surface area contributed by atoms with Gasteiger partial charge in [-0.3, -0.25) is 14.5 Å². The smallest absolute Gasteiger partial charge is 0.248 e. The van der Waals surface area contributed by atoms with Crippen LogP contribution in [0, 0.1) is 0 Å². The molecule has 1 heterocycles. The van der Waals surface area contributed by atoms with Crippen LogP contribution in [0.4, 0.5) is 16.5 Å². The van der Waals surface area contributed by atoms with E-state index in [1.807, 2.05) is 42.5 Å². The normalized spacial score (nSPS) is 10.7. The number of hydrogen-bond donors (Lipinski definition) is 1. The first-order valence-corrected chi connectivity index (χ1v) is 9.76. The number of benzene rings is 2. The van der Waals surface area contributed by atoms with Crippen LogP contribution in [0.3, 0.4) is 0 Å². The maximum atomic E-state index is 12.1. The number of rotatable bonds is 5. The number of nitrogens with one attached hydrogen (secondary N) is 1. The highest BCUT2D eigenvalue weighted by molar-refractivity contribution is 9.10. The minimum Gasteiger partial charge on any atom is -0.323 e. The number of carbonyl (C=O) groups excluding carboxylic acids is 2. The molecule has 0 fully saturated rings. The molecule has 0 atom stereocenters. The topological polar surface area (TPSA) is 62.3 Å². The van der Waals surface area contributed by atoms with E-state index in [1.165, 1.54) is 24.3 Å². The molecule has 3 rings (SSSR count). The third kappa shape index (κ3) is 5.12. The number of hydrogen-bond acceptors (Lipinski definition) is 4. The van der Waals surface area contributed by atoms with Crippen molar-refractivity contribution < 1.29 is 9.59 Å². The fourth-order valence-corrected chi connectivity index (χ4v) is 3.46. The summed E-state index contributed by atoms with van der Waals surface area (Å²) < 4.78 is 0.944. The quantitative estimate of drug-likeness (QED) is 0.550. The molecule has 0 aliphatic carbocycles. The first-order valence-electron chi connectivity index (χ1n) is 8.09. The molecule has 0 spiro atoms. The van der Waals surface area contributed by atoms with Crippen LogP contribution in [-0.2, 0) is 9.59 Å². The molecule has 5 nitrogen and oxygen atoms in total. The third-order valence-corrected chi connectivity index (χ3v) is 4.92. The monoisotopic (exact) mass is 441 g/mol. The van der Waals surface area contributed by atoms with Crippen LogP contribution < -0.4 is 10.2 Å². The molecule has 0 radical (unpaired) electrons. The van der Waals surface area contributed by atoms with Gasteiger partial charge in [-0.05, 0) is 42.5 Å². The summed E-state index contributed by atoms with van der Waals surface area (Å²) in [7, 11) is 0. The van der Waals surface area contributed by atoms with Crippen LogP contribution in [0.1, 0.15) is 12.6 Å². The molecule has 3 aromatic rings. The van der Waals surface area contributed by atoms with Crippen molar-refractivity contribution >= 4 is 61.7 Å². The molecular weight excluding hydrogens is 426 g/mol. The Hall–Kier alpha value is -2.77. The van der Waals surface area contributed by atoms with Crippen molar-refractivity contribution in [3.05, 3.63) is 76.2 Å². The number of aromatic nitrogens is 1. The predicted molar refractivity (Wildman–Crippen MR) is 113 cm³/mol. The second kappa shape index (κ2) is 8.75. The predicted octanol–water partition coefficient (Wildman–Crippen LogP) is 5.24. The van der Waals surface area contributed by atoms with Gasteiger partial charge in [0.1, 0.15) is 0 Å². The van der Waals surface area contributed by atoms with Crippen LogP contribution in [0.25, 0.3) is 6.08 Å². The molecule has 0 unspecified atom stereocenters. The molecular formula is C20H16BrN3O2S. The number of anilines is 3. The summed E-state index contributed by atoms with van der Waals surface area (Å²) >= 11 is 4.70. The molecule has 2 aromatic carbocycles. The highest BCUT2D eigenvalue weighted by Crippen LogP contribution is 2.29. The lowest BCUT2D eigenvalue weighted by atomic mass is 10.3. The van der Waals surface area contributed by atoms with Gasteiger partial charge in [0.15, 0.2) is 5.13 Å². The summed E-state index contributed by atoms with van der Waals surface area (Å²) in [6.07, 6.45) is 3.04. The van der Waals surface area contributed by atoms with E-state index < -0.39 is 0 Å². The van der Waals surface area contributed by atoms with E-state index in [0.29, 0.717) is 16.5 Å². The van der Waals surface area contributed by atoms with E-state index in [2.05, 4.69) is 26.2 Å². The Bertz CT molecular complexity index is 968. The Kier molecular flexibility index (Phi) is 6.16. The molecule has 0 aliphatic rings. The number of thiazole rings is 1. The zero-order valence-electron chi connectivity index (χ0n) is 14.4. The average Bonchev–Trinajstić information content (AvgIpc) is 3.11. The fraction of sp³-hybridized carbons (Fsp3) is 0.0500. The highest BCUT2D eigenvalue weighted by Gasteiger charge is 2.17. The van der Waals surface area contributed by atoms with E-state index in [4.69, 9.17) is 0 Å². The summed E-state index contributed by atoms with van der Waals surface area (Å²) in [5, 5.41) is 5.14. The van der Waals surface area contributed by atoms with Crippen LogP contribution in [-0.4, -0.2) is 16.8 Å². The maximum absolute atomic E-state index is 12.1. The second-order valence-corrected chi connectivity index (χ2v) is 7.33. The Morgan fingerprint density at radius 2 is 1.81 bits per heavy atom. The van der Waals surface area contributed by atoms with Crippen molar-refractivity contribution in [2.45, 2.75) is 6.92 Å². The standard InChI is InChI=1S/C20H16BrN3O2S/c1-14(25)24(18-5-3-2-4-6-18)20-23-17(13-27-20)11-12-19(26)22-16-9-7-15(21)8-10-16/h2-13H,1H3,(H,22,26)/b12-11+. The van der Waals surface area contributed by atoms with Crippen molar-refractivity contribution in [1.29, 1.82) is 0 Å². The molecule has 7 heteroatoms. The molecule has 0 bridgehead atoms.